The molecule has 5 aliphatic heterocycles. The maximum atomic E-state index is 12.9. The zero-order valence-electron chi connectivity index (χ0n) is 36.6. The number of aliphatic hydroxyl groups excluding tert-OH is 1. The van der Waals surface area contributed by atoms with E-state index in [1.54, 1.807) is 18.2 Å². The molecule has 0 bridgehead atoms. The van der Waals surface area contributed by atoms with Gasteiger partial charge in [0, 0.05) is 60.4 Å². The van der Waals surface area contributed by atoms with Gasteiger partial charge in [-0.1, -0.05) is 49.7 Å². The van der Waals surface area contributed by atoms with Gasteiger partial charge in [-0.15, -0.1) is 11.8 Å². The fraction of sp³-hybridized carbons (Fsp3) is 0.604. The molecule has 9 atom stereocenters. The van der Waals surface area contributed by atoms with E-state index in [1.165, 1.54) is 16.8 Å². The third-order valence-electron chi connectivity index (χ3n) is 14.1. The number of hydrazine groups is 1. The highest BCUT2D eigenvalue weighted by Gasteiger charge is 2.53. The van der Waals surface area contributed by atoms with Crippen molar-refractivity contribution in [3.8, 4) is 11.8 Å². The Hall–Kier alpha value is -3.70. The maximum absolute atomic E-state index is 12.9. The molecule has 0 spiro atoms. The van der Waals surface area contributed by atoms with Crippen molar-refractivity contribution in [1.29, 1.82) is 5.26 Å². The summed E-state index contributed by atoms with van der Waals surface area (Å²) in [6, 6.07) is 16.2. The molecule has 12 nitrogen and oxygen atoms in total. The van der Waals surface area contributed by atoms with Crippen molar-refractivity contribution in [3.63, 3.8) is 0 Å². The van der Waals surface area contributed by atoms with E-state index in [0.717, 1.165) is 76.6 Å². The van der Waals surface area contributed by atoms with Gasteiger partial charge in [-0.25, -0.2) is 15.8 Å². The molecular formula is C48H64ClN9O3S. The predicted molar refractivity (Wildman–Crippen MR) is 248 cm³/mol. The van der Waals surface area contributed by atoms with Gasteiger partial charge in [-0.05, 0) is 119 Å². The van der Waals surface area contributed by atoms with Gasteiger partial charge in [0.05, 0.1) is 52.9 Å². The van der Waals surface area contributed by atoms with E-state index in [9.17, 15) is 9.90 Å². The van der Waals surface area contributed by atoms with Crippen LogP contribution in [0.3, 0.4) is 0 Å². The Labute approximate surface area is 377 Å². The first-order chi connectivity index (χ1) is 30.1. The molecule has 8 rings (SSSR count). The first-order valence-electron chi connectivity index (χ1n) is 23.0. The van der Waals surface area contributed by atoms with Gasteiger partial charge in [0.15, 0.2) is 0 Å². The number of benzene rings is 2. The lowest BCUT2D eigenvalue weighted by Crippen LogP contribution is -2.51. The number of nitrogens with one attached hydrogen (secondary N) is 4. The fourth-order valence-corrected chi connectivity index (χ4v) is 12.5. The van der Waals surface area contributed by atoms with Crippen LogP contribution in [0.4, 0.5) is 0 Å². The summed E-state index contributed by atoms with van der Waals surface area (Å²) in [6.45, 7) is 11.5. The lowest BCUT2D eigenvalue weighted by molar-refractivity contribution is -0.121. The molecule has 5 N–H and O–H groups in total. The van der Waals surface area contributed by atoms with Gasteiger partial charge in [0.25, 0.3) is 0 Å². The van der Waals surface area contributed by atoms with Crippen LogP contribution in [0.5, 0.6) is 5.75 Å². The highest BCUT2D eigenvalue weighted by molar-refractivity contribution is 8.00. The molecule has 0 radical (unpaired) electrons. The standard InChI is InChI=1S/C48H64ClN9O3S/c1-5-51-43(59)27-42-46-56-55-31(4)58(46)48-44(29(2)30(3)62-48)45(54-42)34-10-8-32(9-11-34)25-33-20-23-57(24-21-33)37-7-6-22-52-41(19-15-37)47(60)53-36-13-17-38(18-14-36)61-39-16-12-35(28-50)40(49)26-39/h6-12,16,26,29-31,33,36,38,41-42,44,46-48,53,55-56,60H,5,13-15,17-21,23-25,27H2,1-4H3,(H,51,59)/b37-7+/t29?,30?,31?,36?,38?,41?,42-,44?,46?,47?,48?/m0/s1. The van der Waals surface area contributed by atoms with Crippen LogP contribution < -0.4 is 26.2 Å². The highest BCUT2D eigenvalue weighted by Crippen LogP contribution is 2.49. The molecule has 1 aliphatic carbocycles. The van der Waals surface area contributed by atoms with Gasteiger partial charge in [-0.2, -0.15) is 5.26 Å². The minimum atomic E-state index is -0.739. The second-order valence-corrected chi connectivity index (χ2v) is 20.1. The summed E-state index contributed by atoms with van der Waals surface area (Å²) in [5.74, 6) is 5.16. The number of fused-ring (bicyclic) bond motifs is 3. The number of aliphatic hydroxyl groups is 1. The van der Waals surface area contributed by atoms with Crippen molar-refractivity contribution in [2.24, 2.45) is 27.7 Å². The largest absolute Gasteiger partial charge is 0.490 e. The number of allylic oxidation sites excluding steroid dienone is 3. The molecule has 5 heterocycles. The van der Waals surface area contributed by atoms with E-state index in [-0.39, 0.29) is 53.8 Å². The molecule has 6 aliphatic rings. The summed E-state index contributed by atoms with van der Waals surface area (Å²) in [5.41, 5.74) is 12.4. The molecule has 1 saturated carbocycles. The summed E-state index contributed by atoms with van der Waals surface area (Å²) in [6.07, 6.45) is 12.3. The minimum absolute atomic E-state index is 0.0439. The second kappa shape index (κ2) is 20.4. The Balaban J connectivity index is 0.823. The highest BCUT2D eigenvalue weighted by atomic mass is 35.5. The van der Waals surface area contributed by atoms with Gasteiger partial charge >= 0.3 is 0 Å². The smallest absolute Gasteiger partial charge is 0.222 e. The topological polar surface area (TPSA) is 150 Å². The molecule has 332 valence electrons. The van der Waals surface area contributed by atoms with Crippen molar-refractivity contribution in [1.82, 2.24) is 31.3 Å². The molecule has 0 aromatic heterocycles. The Morgan fingerprint density at radius 3 is 2.58 bits per heavy atom. The Morgan fingerprint density at radius 1 is 1.08 bits per heavy atom. The van der Waals surface area contributed by atoms with Crippen LogP contribution in [0.2, 0.25) is 5.02 Å². The number of halogens is 1. The van der Waals surface area contributed by atoms with E-state index in [0.29, 0.717) is 46.4 Å². The molecule has 1 amide bonds. The quantitative estimate of drug-likeness (QED) is 0.149. The number of thioether (sulfide) groups is 1. The number of piperidine rings is 1. The summed E-state index contributed by atoms with van der Waals surface area (Å²) in [5, 5.41) is 28.1. The Kier molecular flexibility index (Phi) is 14.8. The van der Waals surface area contributed by atoms with Crippen molar-refractivity contribution in [2.45, 2.75) is 145 Å². The lowest BCUT2D eigenvalue weighted by atomic mass is 9.83. The van der Waals surface area contributed by atoms with Gasteiger partial charge in [0.2, 0.25) is 5.91 Å². The van der Waals surface area contributed by atoms with Gasteiger partial charge < -0.3 is 20.1 Å². The van der Waals surface area contributed by atoms with Crippen LogP contribution in [-0.4, -0.2) is 105 Å². The van der Waals surface area contributed by atoms with Crippen molar-refractivity contribution >= 4 is 40.9 Å². The van der Waals surface area contributed by atoms with E-state index in [4.69, 9.17) is 26.6 Å². The number of hydrogen-bond donors (Lipinski definition) is 5. The molecule has 62 heavy (non-hydrogen) atoms. The normalized spacial score (nSPS) is 32.9. The average Bonchev–Trinajstić information content (AvgIpc) is 3.73. The summed E-state index contributed by atoms with van der Waals surface area (Å²) >= 11 is 8.25. The molecule has 3 saturated heterocycles. The number of nitriles is 1. The molecule has 14 heteroatoms. The fourth-order valence-electron chi connectivity index (χ4n) is 10.4. The molecular weight excluding hydrogens is 818 g/mol. The maximum Gasteiger partial charge on any atom is 0.222 e. The van der Waals surface area contributed by atoms with Crippen LogP contribution in [0.1, 0.15) is 102 Å². The van der Waals surface area contributed by atoms with Crippen LogP contribution in [0, 0.1) is 29.1 Å². The average molecular weight is 883 g/mol. The number of carbonyl (C=O) groups is 1. The number of hydrogen-bond acceptors (Lipinski definition) is 12. The predicted octanol–water partition coefficient (Wildman–Crippen LogP) is 6.53. The van der Waals surface area contributed by atoms with Crippen molar-refractivity contribution < 1.29 is 14.6 Å². The zero-order valence-corrected chi connectivity index (χ0v) is 38.2. The summed E-state index contributed by atoms with van der Waals surface area (Å²) < 4.78 is 6.17. The number of ether oxygens (including phenoxy) is 1. The van der Waals surface area contributed by atoms with E-state index >= 15 is 0 Å². The molecule has 2 aromatic carbocycles. The first-order valence-corrected chi connectivity index (χ1v) is 24.3. The van der Waals surface area contributed by atoms with Crippen LogP contribution in [0.25, 0.3) is 0 Å². The van der Waals surface area contributed by atoms with Crippen LogP contribution in [0.15, 0.2) is 70.3 Å². The van der Waals surface area contributed by atoms with Crippen LogP contribution >= 0.6 is 23.4 Å². The van der Waals surface area contributed by atoms with Crippen LogP contribution in [-0.2, 0) is 11.2 Å². The third kappa shape index (κ3) is 10.3. The zero-order chi connectivity index (χ0) is 43.3. The van der Waals surface area contributed by atoms with Crippen molar-refractivity contribution in [3.05, 3.63) is 82.0 Å². The van der Waals surface area contributed by atoms with Gasteiger partial charge in [0.1, 0.15) is 18.0 Å². The SMILES string of the molecule is CCNC(=O)C[C@@H]1N=C(c2ccc(CC3CCN(/C4=C/C=C=NC(C(O)NC5CCC(Oc6ccc(C#N)c(Cl)c6)CC5)CC4)CC3)cc2)C2C(C)C(C)SC2N2C(C)NNC12. The summed E-state index contributed by atoms with van der Waals surface area (Å²) in [4.78, 5) is 28.1. The second-order valence-electron chi connectivity index (χ2n) is 18.2. The number of carbonyl (C=O) groups excluding carboxylic acids is 1. The number of nitrogens with zero attached hydrogens (tertiary/aromatic N) is 5. The Morgan fingerprint density at radius 2 is 1.85 bits per heavy atom. The number of rotatable bonds is 12. The number of amides is 1. The third-order valence-corrected chi connectivity index (χ3v) is 16.1. The Bertz CT molecular complexity index is 2050. The van der Waals surface area contributed by atoms with E-state index < -0.39 is 6.23 Å². The number of aliphatic imine (C=N–C) groups is 2. The monoisotopic (exact) mass is 881 g/mol. The van der Waals surface area contributed by atoms with Crippen molar-refractivity contribution in [2.75, 3.05) is 19.6 Å². The number of likely N-dealkylation sites (tertiary alicyclic amines) is 1. The van der Waals surface area contributed by atoms with E-state index in [1.807, 2.05) is 24.8 Å². The molecule has 2 aromatic rings. The first kappa shape index (κ1) is 44.9. The molecule has 8 unspecified atom stereocenters. The van der Waals surface area contributed by atoms with E-state index in [2.05, 4.69) is 99.3 Å². The van der Waals surface area contributed by atoms with Gasteiger partial charge in [-0.3, -0.25) is 20.0 Å². The summed E-state index contributed by atoms with van der Waals surface area (Å²) in [7, 11) is 0. The lowest BCUT2D eigenvalue weighted by Gasteiger charge is -2.36. The minimum Gasteiger partial charge on any atom is -0.490 e. The molecule has 4 fully saturated rings.